The highest BCUT2D eigenvalue weighted by Gasteiger charge is 2.52. The van der Waals surface area contributed by atoms with E-state index in [4.69, 9.17) is 15.2 Å². The van der Waals surface area contributed by atoms with E-state index in [9.17, 15) is 9.59 Å². The number of allylic oxidation sites excluding steroid dienone is 1. The summed E-state index contributed by atoms with van der Waals surface area (Å²) in [6, 6.07) is 14.7. The van der Waals surface area contributed by atoms with Crippen LogP contribution >= 0.6 is 0 Å². The number of hydrogen-bond acceptors (Lipinski definition) is 4. The number of esters is 1. The Morgan fingerprint density at radius 3 is 2.21 bits per heavy atom. The predicted octanol–water partition coefficient (Wildman–Crippen LogP) is 6.33. The molecule has 0 atom stereocenters. The van der Waals surface area contributed by atoms with Gasteiger partial charge >= 0.3 is 5.97 Å². The number of carbonyl (C=O) groups excluding carboxylic acids is 2. The fraction of sp³-hybridized carbons (Fsp3) is 0.515. The minimum atomic E-state index is -0.415. The van der Waals surface area contributed by atoms with E-state index in [-0.39, 0.29) is 12.6 Å². The van der Waals surface area contributed by atoms with Crippen molar-refractivity contribution in [2.45, 2.75) is 70.6 Å². The van der Waals surface area contributed by atoms with Crippen LogP contribution in [-0.2, 0) is 26.1 Å². The lowest BCUT2D eigenvalue weighted by atomic mass is 9.47. The first-order chi connectivity index (χ1) is 18.3. The van der Waals surface area contributed by atoms with Gasteiger partial charge in [-0.15, -0.1) is 0 Å². The van der Waals surface area contributed by atoms with Gasteiger partial charge in [0.05, 0.1) is 12.2 Å². The van der Waals surface area contributed by atoms with Gasteiger partial charge in [-0.2, -0.15) is 0 Å². The molecule has 5 heteroatoms. The summed E-state index contributed by atoms with van der Waals surface area (Å²) in [6.45, 7) is 4.91. The minimum absolute atomic E-state index is 0.00840. The molecule has 2 N–H and O–H groups in total. The molecular weight excluding hydrogens is 474 g/mol. The van der Waals surface area contributed by atoms with Crippen LogP contribution in [0.1, 0.15) is 91.4 Å². The number of amides is 1. The molecule has 5 nitrogen and oxygen atoms in total. The molecule has 202 valence electrons. The van der Waals surface area contributed by atoms with Crippen molar-refractivity contribution < 1.29 is 19.1 Å². The molecule has 4 aliphatic rings. The fourth-order valence-corrected chi connectivity index (χ4v) is 7.77. The molecule has 0 spiro atoms. The van der Waals surface area contributed by atoms with Crippen molar-refractivity contribution in [1.82, 2.24) is 0 Å². The summed E-state index contributed by atoms with van der Waals surface area (Å²) in [5.74, 6) is 1.95. The smallest absolute Gasteiger partial charge is 0.338 e. The Morgan fingerprint density at radius 1 is 0.974 bits per heavy atom. The largest absolute Gasteiger partial charge is 0.462 e. The van der Waals surface area contributed by atoms with Crippen molar-refractivity contribution in [2.24, 2.45) is 23.5 Å². The Morgan fingerprint density at radius 2 is 1.61 bits per heavy atom. The van der Waals surface area contributed by atoms with Crippen LogP contribution in [0.2, 0.25) is 0 Å². The van der Waals surface area contributed by atoms with Crippen molar-refractivity contribution in [1.29, 1.82) is 0 Å². The molecule has 4 saturated carbocycles. The van der Waals surface area contributed by atoms with Crippen LogP contribution in [0.5, 0.6) is 0 Å². The van der Waals surface area contributed by atoms with Gasteiger partial charge < -0.3 is 15.2 Å². The highest BCUT2D eigenvalue weighted by atomic mass is 16.5. The maximum absolute atomic E-state index is 12.0. The Hall–Kier alpha value is -2.92. The Bertz CT molecular complexity index is 1160. The van der Waals surface area contributed by atoms with Crippen molar-refractivity contribution in [3.8, 4) is 0 Å². The highest BCUT2D eigenvalue weighted by Crippen LogP contribution is 2.61. The van der Waals surface area contributed by atoms with Gasteiger partial charge in [-0.05, 0) is 128 Å². The van der Waals surface area contributed by atoms with E-state index in [1.54, 1.807) is 5.56 Å². The van der Waals surface area contributed by atoms with Gasteiger partial charge in [-0.1, -0.05) is 36.4 Å². The second-order valence-electron chi connectivity index (χ2n) is 11.9. The van der Waals surface area contributed by atoms with E-state index in [0.717, 1.165) is 36.2 Å². The topological polar surface area (TPSA) is 78.6 Å². The molecule has 4 bridgehead atoms. The zero-order valence-corrected chi connectivity index (χ0v) is 22.8. The zero-order chi connectivity index (χ0) is 26.7. The van der Waals surface area contributed by atoms with Gasteiger partial charge in [-0.3, -0.25) is 4.79 Å². The van der Waals surface area contributed by atoms with E-state index in [1.165, 1.54) is 55.2 Å². The van der Waals surface area contributed by atoms with Crippen molar-refractivity contribution in [3.63, 3.8) is 0 Å². The van der Waals surface area contributed by atoms with Crippen molar-refractivity contribution in [2.75, 3.05) is 19.8 Å². The second-order valence-corrected chi connectivity index (χ2v) is 11.9. The summed E-state index contributed by atoms with van der Waals surface area (Å²) in [5.41, 5.74) is 12.6. The van der Waals surface area contributed by atoms with Crippen LogP contribution in [0.25, 0.3) is 11.6 Å². The summed E-state index contributed by atoms with van der Waals surface area (Å²) in [7, 11) is 0. The first-order valence-corrected chi connectivity index (χ1v) is 14.3. The number of aryl methyl sites for hydroxylation is 1. The highest BCUT2D eigenvalue weighted by molar-refractivity contribution is 5.90. The third kappa shape index (κ3) is 5.88. The number of nitrogens with two attached hydrogens (primary N) is 1. The molecule has 0 unspecified atom stereocenters. The van der Waals surface area contributed by atoms with Crippen LogP contribution in [0.15, 0.2) is 42.5 Å². The van der Waals surface area contributed by atoms with Gasteiger partial charge in [-0.25, -0.2) is 4.79 Å². The monoisotopic (exact) mass is 515 g/mol. The molecule has 0 aromatic heterocycles. The normalized spacial score (nSPS) is 25.9. The number of carbonyl (C=O) groups is 2. The van der Waals surface area contributed by atoms with Crippen LogP contribution < -0.4 is 5.73 Å². The summed E-state index contributed by atoms with van der Waals surface area (Å²) in [5, 5.41) is 0. The van der Waals surface area contributed by atoms with Crippen LogP contribution in [0.3, 0.4) is 0 Å². The molecule has 6 rings (SSSR count). The predicted molar refractivity (Wildman–Crippen MR) is 151 cm³/mol. The quantitative estimate of drug-likeness (QED) is 0.216. The Balaban J connectivity index is 1.40. The first-order valence-electron chi connectivity index (χ1n) is 14.3. The van der Waals surface area contributed by atoms with E-state index in [1.807, 2.05) is 31.2 Å². The number of primary amides is 1. The minimum Gasteiger partial charge on any atom is -0.462 e. The average molecular weight is 516 g/mol. The SMILES string of the molecule is CCOC(=O)c1ccc(C=C(C)c2ccc(CCCOCC(N)=O)c(C34CC5CC(CC(C5)C3)C4)c2)cc1. The maximum atomic E-state index is 12.0. The third-order valence-electron chi connectivity index (χ3n) is 8.96. The van der Waals surface area contributed by atoms with Crippen LogP contribution in [0, 0.1) is 17.8 Å². The molecule has 0 radical (unpaired) electrons. The number of ether oxygens (including phenoxy) is 2. The van der Waals surface area contributed by atoms with Gasteiger partial charge in [0.1, 0.15) is 6.61 Å². The molecule has 1 amide bonds. The van der Waals surface area contributed by atoms with Gasteiger partial charge in [0.25, 0.3) is 0 Å². The van der Waals surface area contributed by atoms with E-state index in [0.29, 0.717) is 24.2 Å². The lowest BCUT2D eigenvalue weighted by molar-refractivity contribution is -0.122. The van der Waals surface area contributed by atoms with Crippen LogP contribution in [0.4, 0.5) is 0 Å². The summed E-state index contributed by atoms with van der Waals surface area (Å²) < 4.78 is 10.6. The number of hydrogen-bond donors (Lipinski definition) is 1. The molecule has 4 aliphatic carbocycles. The molecule has 2 aromatic carbocycles. The summed E-state index contributed by atoms with van der Waals surface area (Å²) in [6.07, 6.45) is 12.3. The van der Waals surface area contributed by atoms with E-state index in [2.05, 4.69) is 31.2 Å². The third-order valence-corrected chi connectivity index (χ3v) is 8.96. The van der Waals surface area contributed by atoms with Gasteiger partial charge in [0.15, 0.2) is 0 Å². The maximum Gasteiger partial charge on any atom is 0.338 e. The molecule has 0 saturated heterocycles. The lowest BCUT2D eigenvalue weighted by Gasteiger charge is -2.57. The van der Waals surface area contributed by atoms with Crippen LogP contribution in [-0.4, -0.2) is 31.7 Å². The van der Waals surface area contributed by atoms with Crippen molar-refractivity contribution in [3.05, 3.63) is 70.3 Å². The van der Waals surface area contributed by atoms with E-state index < -0.39 is 5.91 Å². The average Bonchev–Trinajstić information content (AvgIpc) is 2.88. The van der Waals surface area contributed by atoms with Gasteiger partial charge in [0, 0.05) is 6.61 Å². The second kappa shape index (κ2) is 11.4. The Kier molecular flexibility index (Phi) is 8.04. The summed E-state index contributed by atoms with van der Waals surface area (Å²) in [4.78, 5) is 23.0. The standard InChI is InChI=1S/C33H41NO4/c1-3-38-32(36)28-8-6-23(7-9-28)13-22(2)29-11-10-27(5-4-12-37-21-31(34)35)30(17-29)33-18-24-14-25(19-33)16-26(15-24)20-33/h6-11,13,17,24-26H,3-5,12,14-16,18-21H2,1-2H3,(H2,34,35). The molecule has 4 fully saturated rings. The molecule has 2 aromatic rings. The zero-order valence-electron chi connectivity index (χ0n) is 22.8. The fourth-order valence-electron chi connectivity index (χ4n) is 7.77. The molecular formula is C33H41NO4. The number of benzene rings is 2. The number of rotatable bonds is 11. The molecule has 38 heavy (non-hydrogen) atoms. The molecule has 0 heterocycles. The summed E-state index contributed by atoms with van der Waals surface area (Å²) >= 11 is 0. The van der Waals surface area contributed by atoms with Gasteiger partial charge in [0.2, 0.25) is 5.91 Å². The van der Waals surface area contributed by atoms with Crippen molar-refractivity contribution >= 4 is 23.5 Å². The Labute approximate surface area is 226 Å². The van der Waals surface area contributed by atoms with E-state index >= 15 is 0 Å². The molecule has 0 aliphatic heterocycles. The lowest BCUT2D eigenvalue weighted by Crippen LogP contribution is -2.49. The first kappa shape index (κ1) is 26.7.